The molecule has 4 heteroatoms. The highest BCUT2D eigenvalue weighted by Gasteiger charge is 2.09. The van der Waals surface area contributed by atoms with Gasteiger partial charge in [0.05, 0.1) is 5.56 Å². The second-order valence-electron chi connectivity index (χ2n) is 1.87. The van der Waals surface area contributed by atoms with Crippen molar-refractivity contribution in [2.45, 2.75) is 0 Å². The number of nitrogens with zero attached hydrogens (tertiary/aromatic N) is 1. The summed E-state index contributed by atoms with van der Waals surface area (Å²) in [7, 11) is 0. The van der Waals surface area contributed by atoms with Gasteiger partial charge in [-0.2, -0.15) is 5.26 Å². The molecule has 1 N–H and O–H groups in total. The van der Waals surface area contributed by atoms with E-state index in [1.165, 1.54) is 6.07 Å². The Labute approximate surface area is 67.5 Å². The number of halogens is 2. The van der Waals surface area contributed by atoms with E-state index in [4.69, 9.17) is 22.0 Å². The lowest BCUT2D eigenvalue weighted by molar-refractivity contribution is 0.469. The predicted octanol–water partition coefficient (Wildman–Crippen LogP) is 2.06. The molecule has 2 nitrogen and oxygen atoms in total. The molecule has 0 atom stereocenters. The fourth-order valence-corrected chi connectivity index (χ4v) is 0.790. The van der Waals surface area contributed by atoms with Crippen LogP contribution in [0.4, 0.5) is 4.39 Å². The zero-order valence-corrected chi connectivity index (χ0v) is 6.06. The van der Waals surface area contributed by atoms with Gasteiger partial charge in [-0.05, 0) is 12.1 Å². The molecule has 0 bridgehead atoms. The summed E-state index contributed by atoms with van der Waals surface area (Å²) in [6.45, 7) is 0. The minimum absolute atomic E-state index is 0.173. The number of hydrogen-bond donors (Lipinski definition) is 1. The van der Waals surface area contributed by atoms with E-state index < -0.39 is 10.8 Å². The molecule has 0 aromatic heterocycles. The lowest BCUT2D eigenvalue weighted by Gasteiger charge is -1.97. The van der Waals surface area contributed by atoms with Crippen molar-refractivity contribution in [3.05, 3.63) is 28.5 Å². The van der Waals surface area contributed by atoms with Gasteiger partial charge < -0.3 is 5.11 Å². The van der Waals surface area contributed by atoms with Gasteiger partial charge in [-0.3, -0.25) is 0 Å². The number of phenols is 1. The highest BCUT2D eigenvalue weighted by molar-refractivity contribution is 6.32. The Morgan fingerprint density at radius 1 is 1.55 bits per heavy atom. The van der Waals surface area contributed by atoms with Gasteiger partial charge in [-0.15, -0.1) is 0 Å². The molecule has 0 aliphatic heterocycles. The van der Waals surface area contributed by atoms with Crippen molar-refractivity contribution in [2.24, 2.45) is 0 Å². The molecule has 0 saturated carbocycles. The lowest BCUT2D eigenvalue weighted by atomic mass is 10.2. The molecule has 1 aromatic rings. The average Bonchev–Trinajstić information content (AvgIpc) is 2.01. The highest BCUT2D eigenvalue weighted by atomic mass is 35.5. The smallest absolute Gasteiger partial charge is 0.163 e. The van der Waals surface area contributed by atoms with Crippen molar-refractivity contribution in [2.75, 3.05) is 0 Å². The second-order valence-corrected chi connectivity index (χ2v) is 2.25. The van der Waals surface area contributed by atoms with Crippen LogP contribution in [0.1, 0.15) is 5.56 Å². The van der Waals surface area contributed by atoms with E-state index in [0.29, 0.717) is 0 Å². The van der Waals surface area contributed by atoms with Crippen LogP contribution < -0.4 is 0 Å². The van der Waals surface area contributed by atoms with E-state index in [1.54, 1.807) is 6.07 Å². The molecule has 1 aromatic carbocycles. The molecule has 0 unspecified atom stereocenters. The Balaban J connectivity index is 3.40. The van der Waals surface area contributed by atoms with Gasteiger partial charge in [0.25, 0.3) is 0 Å². The molecule has 0 heterocycles. The molecule has 0 fully saturated rings. The van der Waals surface area contributed by atoms with Crippen LogP contribution in [-0.2, 0) is 0 Å². The SMILES string of the molecule is N#Cc1ccc(O)c(Cl)c1F. The van der Waals surface area contributed by atoms with Gasteiger partial charge in [0.2, 0.25) is 0 Å². The number of benzene rings is 1. The third-order valence-electron chi connectivity index (χ3n) is 1.18. The fraction of sp³-hybridized carbons (Fsp3) is 0. The van der Waals surface area contributed by atoms with Gasteiger partial charge in [0.1, 0.15) is 16.8 Å². The highest BCUT2D eigenvalue weighted by Crippen LogP contribution is 2.27. The van der Waals surface area contributed by atoms with Crippen LogP contribution >= 0.6 is 11.6 Å². The van der Waals surface area contributed by atoms with Crippen LogP contribution in [0.3, 0.4) is 0 Å². The summed E-state index contributed by atoms with van der Waals surface area (Å²) in [5.74, 6) is -1.24. The normalized spacial score (nSPS) is 9.18. The number of hydrogen-bond acceptors (Lipinski definition) is 2. The molecule has 0 saturated heterocycles. The first-order chi connectivity index (χ1) is 5.16. The summed E-state index contributed by atoms with van der Waals surface area (Å²) in [6, 6.07) is 3.93. The van der Waals surface area contributed by atoms with Crippen molar-refractivity contribution < 1.29 is 9.50 Å². The van der Waals surface area contributed by atoms with Crippen molar-refractivity contribution in [1.29, 1.82) is 5.26 Å². The maximum absolute atomic E-state index is 12.7. The first kappa shape index (κ1) is 7.83. The minimum Gasteiger partial charge on any atom is -0.506 e. The Kier molecular flexibility index (Phi) is 1.97. The monoisotopic (exact) mass is 171 g/mol. The summed E-state index contributed by atoms with van der Waals surface area (Å²) in [6.07, 6.45) is 0. The zero-order chi connectivity index (χ0) is 8.43. The standard InChI is InChI=1S/C7H3ClFNO/c8-6-5(11)2-1-4(3-10)7(6)9/h1-2,11H. The maximum Gasteiger partial charge on any atom is 0.163 e. The third kappa shape index (κ3) is 1.26. The van der Waals surface area contributed by atoms with Gasteiger partial charge >= 0.3 is 0 Å². The lowest BCUT2D eigenvalue weighted by Crippen LogP contribution is -1.84. The average molecular weight is 172 g/mol. The van der Waals surface area contributed by atoms with Gasteiger partial charge in [0.15, 0.2) is 5.82 Å². The first-order valence-corrected chi connectivity index (χ1v) is 3.11. The molecule has 0 aliphatic rings. The van der Waals surface area contributed by atoms with E-state index in [9.17, 15) is 4.39 Å². The van der Waals surface area contributed by atoms with Gasteiger partial charge in [0, 0.05) is 0 Å². The molecule has 56 valence electrons. The van der Waals surface area contributed by atoms with Crippen molar-refractivity contribution >= 4 is 11.6 Å². The fourth-order valence-electron chi connectivity index (χ4n) is 0.626. The molecule has 0 radical (unpaired) electrons. The predicted molar refractivity (Wildman–Crippen MR) is 37.8 cm³/mol. The van der Waals surface area contributed by atoms with Crippen LogP contribution in [0.2, 0.25) is 5.02 Å². The van der Waals surface area contributed by atoms with E-state index in [-0.39, 0.29) is 11.3 Å². The summed E-state index contributed by atoms with van der Waals surface area (Å²) in [5.41, 5.74) is -0.173. The minimum atomic E-state index is -0.880. The van der Waals surface area contributed by atoms with E-state index >= 15 is 0 Å². The number of aromatic hydroxyl groups is 1. The largest absolute Gasteiger partial charge is 0.506 e. The van der Waals surface area contributed by atoms with Crippen molar-refractivity contribution in [1.82, 2.24) is 0 Å². The van der Waals surface area contributed by atoms with E-state index in [1.807, 2.05) is 0 Å². The molecular formula is C7H3ClFNO. The van der Waals surface area contributed by atoms with E-state index in [2.05, 4.69) is 0 Å². The van der Waals surface area contributed by atoms with Crippen LogP contribution in [0.25, 0.3) is 0 Å². The maximum atomic E-state index is 12.7. The Bertz CT molecular complexity index is 332. The first-order valence-electron chi connectivity index (χ1n) is 2.74. The zero-order valence-electron chi connectivity index (χ0n) is 5.31. The molecule has 11 heavy (non-hydrogen) atoms. The number of phenolic OH excluding ortho intramolecular Hbond substituents is 1. The number of nitriles is 1. The Morgan fingerprint density at radius 2 is 2.18 bits per heavy atom. The van der Waals surface area contributed by atoms with Crippen molar-refractivity contribution in [3.63, 3.8) is 0 Å². The molecule has 1 rings (SSSR count). The topological polar surface area (TPSA) is 44.0 Å². The third-order valence-corrected chi connectivity index (χ3v) is 1.54. The molecule has 0 spiro atoms. The second kappa shape index (κ2) is 2.77. The molecule has 0 amide bonds. The summed E-state index contributed by atoms with van der Waals surface area (Å²) >= 11 is 5.29. The summed E-state index contributed by atoms with van der Waals surface area (Å²) < 4.78 is 12.7. The quantitative estimate of drug-likeness (QED) is 0.649. The molecular weight excluding hydrogens is 169 g/mol. The Hall–Kier alpha value is -1.27. The van der Waals surface area contributed by atoms with Crippen LogP contribution in [0.5, 0.6) is 5.75 Å². The van der Waals surface area contributed by atoms with Crippen LogP contribution in [0.15, 0.2) is 12.1 Å². The van der Waals surface area contributed by atoms with E-state index in [0.717, 1.165) is 6.07 Å². The van der Waals surface area contributed by atoms with Gasteiger partial charge in [-0.25, -0.2) is 4.39 Å². The summed E-state index contributed by atoms with van der Waals surface area (Å²) in [4.78, 5) is 0. The molecule has 0 aliphatic carbocycles. The van der Waals surface area contributed by atoms with Crippen LogP contribution in [-0.4, -0.2) is 5.11 Å². The van der Waals surface area contributed by atoms with Gasteiger partial charge in [-0.1, -0.05) is 11.6 Å². The number of rotatable bonds is 0. The van der Waals surface area contributed by atoms with Crippen molar-refractivity contribution in [3.8, 4) is 11.8 Å². The Morgan fingerprint density at radius 3 is 2.73 bits per heavy atom. The van der Waals surface area contributed by atoms with Crippen LogP contribution in [0, 0.1) is 17.1 Å². The summed E-state index contributed by atoms with van der Waals surface area (Å²) in [5, 5.41) is 16.7.